The van der Waals surface area contributed by atoms with Gasteiger partial charge in [-0.1, -0.05) is 26.0 Å². The highest BCUT2D eigenvalue weighted by Gasteiger charge is 2.34. The lowest BCUT2D eigenvalue weighted by Gasteiger charge is -2.16. The first-order valence-electron chi connectivity index (χ1n) is 8.88. The van der Waals surface area contributed by atoms with Gasteiger partial charge in [-0.25, -0.2) is 0 Å². The lowest BCUT2D eigenvalue weighted by molar-refractivity contribution is -0.123. The minimum Gasteiger partial charge on any atom is -0.352 e. The van der Waals surface area contributed by atoms with E-state index in [2.05, 4.69) is 20.7 Å². The molecule has 0 saturated carbocycles. The minimum absolute atomic E-state index is 0.0307. The molecule has 2 heterocycles. The standard InChI is InChI=1S/C18H22N6O3/c1-11(2)12(3)19-16(25)10-24-21-15(20-22-24)8-9-23-17(26)13-6-4-5-7-14(13)18(23)27/h4-7,11-12H,8-10H2,1-3H3,(H,19,25)/t12-/m1/s1. The quantitative estimate of drug-likeness (QED) is 0.718. The number of rotatable bonds is 7. The molecule has 0 unspecified atom stereocenters. The first kappa shape index (κ1) is 18.7. The summed E-state index contributed by atoms with van der Waals surface area (Å²) in [5, 5.41) is 14.8. The van der Waals surface area contributed by atoms with Crippen molar-refractivity contribution in [3.8, 4) is 0 Å². The predicted molar refractivity (Wildman–Crippen MR) is 95.8 cm³/mol. The van der Waals surface area contributed by atoms with Crippen molar-refractivity contribution >= 4 is 17.7 Å². The average molecular weight is 370 g/mol. The lowest BCUT2D eigenvalue weighted by atomic mass is 10.1. The van der Waals surface area contributed by atoms with Crippen molar-refractivity contribution in [2.45, 2.75) is 39.8 Å². The summed E-state index contributed by atoms with van der Waals surface area (Å²) in [6.07, 6.45) is 0.273. The van der Waals surface area contributed by atoms with Gasteiger partial charge in [-0.05, 0) is 30.2 Å². The number of amides is 3. The number of tetrazole rings is 1. The van der Waals surface area contributed by atoms with E-state index in [9.17, 15) is 14.4 Å². The second-order valence-electron chi connectivity index (χ2n) is 6.89. The zero-order valence-corrected chi connectivity index (χ0v) is 15.5. The van der Waals surface area contributed by atoms with E-state index in [1.54, 1.807) is 24.3 Å². The van der Waals surface area contributed by atoms with E-state index in [0.29, 0.717) is 22.9 Å². The van der Waals surface area contributed by atoms with E-state index in [1.165, 1.54) is 9.70 Å². The molecule has 0 radical (unpaired) electrons. The SMILES string of the molecule is CC(C)[C@@H](C)NC(=O)Cn1nnc(CCN2C(=O)c3ccccc3C2=O)n1. The van der Waals surface area contributed by atoms with E-state index < -0.39 is 0 Å². The van der Waals surface area contributed by atoms with Gasteiger partial charge in [0, 0.05) is 19.0 Å². The van der Waals surface area contributed by atoms with Gasteiger partial charge in [-0.2, -0.15) is 4.80 Å². The Morgan fingerprint density at radius 1 is 1.11 bits per heavy atom. The maximum absolute atomic E-state index is 12.3. The Labute approximate surface area is 156 Å². The van der Waals surface area contributed by atoms with E-state index in [-0.39, 0.29) is 43.3 Å². The zero-order valence-electron chi connectivity index (χ0n) is 15.5. The van der Waals surface area contributed by atoms with E-state index in [4.69, 9.17) is 0 Å². The summed E-state index contributed by atoms with van der Waals surface area (Å²) in [5.41, 5.74) is 0.824. The number of nitrogens with zero attached hydrogens (tertiary/aromatic N) is 5. The molecule has 1 aromatic carbocycles. The molecule has 9 nitrogen and oxygen atoms in total. The molecule has 1 atom stereocenters. The van der Waals surface area contributed by atoms with Gasteiger partial charge in [0.05, 0.1) is 11.1 Å². The van der Waals surface area contributed by atoms with E-state index in [1.807, 2.05) is 20.8 Å². The van der Waals surface area contributed by atoms with Gasteiger partial charge in [-0.15, -0.1) is 10.2 Å². The molecule has 0 aliphatic carbocycles. The monoisotopic (exact) mass is 370 g/mol. The maximum Gasteiger partial charge on any atom is 0.261 e. The summed E-state index contributed by atoms with van der Waals surface area (Å²) in [7, 11) is 0. The van der Waals surface area contributed by atoms with Crippen molar-refractivity contribution in [3.05, 3.63) is 41.2 Å². The van der Waals surface area contributed by atoms with Crippen LogP contribution in [-0.2, 0) is 17.8 Å². The van der Waals surface area contributed by atoms with Crippen molar-refractivity contribution in [3.63, 3.8) is 0 Å². The Balaban J connectivity index is 1.55. The summed E-state index contributed by atoms with van der Waals surface area (Å²) in [6, 6.07) is 6.79. The number of imide groups is 1. The van der Waals surface area contributed by atoms with Gasteiger partial charge in [-0.3, -0.25) is 19.3 Å². The molecule has 2 aromatic rings. The smallest absolute Gasteiger partial charge is 0.261 e. The maximum atomic E-state index is 12.3. The molecule has 9 heteroatoms. The number of fused-ring (bicyclic) bond motifs is 1. The van der Waals surface area contributed by atoms with Gasteiger partial charge in [0.15, 0.2) is 5.82 Å². The Kier molecular flexibility index (Phi) is 5.29. The summed E-state index contributed by atoms with van der Waals surface area (Å²) < 4.78 is 0. The molecule has 0 fully saturated rings. The third kappa shape index (κ3) is 4.02. The highest BCUT2D eigenvalue weighted by Crippen LogP contribution is 2.22. The topological polar surface area (TPSA) is 110 Å². The van der Waals surface area contributed by atoms with Crippen molar-refractivity contribution < 1.29 is 14.4 Å². The molecule has 3 rings (SSSR count). The van der Waals surface area contributed by atoms with Crippen LogP contribution in [0, 0.1) is 5.92 Å². The largest absolute Gasteiger partial charge is 0.352 e. The molecular formula is C18H22N6O3. The summed E-state index contributed by atoms with van der Waals surface area (Å²) in [6.45, 7) is 6.11. The van der Waals surface area contributed by atoms with E-state index in [0.717, 1.165) is 0 Å². The molecule has 142 valence electrons. The van der Waals surface area contributed by atoms with Crippen LogP contribution >= 0.6 is 0 Å². The Morgan fingerprint density at radius 3 is 2.33 bits per heavy atom. The van der Waals surface area contributed by atoms with Gasteiger partial charge in [0.1, 0.15) is 6.54 Å². The van der Waals surface area contributed by atoms with Gasteiger partial charge in [0.2, 0.25) is 5.91 Å². The number of carbonyl (C=O) groups excluding carboxylic acids is 3. The van der Waals surface area contributed by atoms with Crippen LogP contribution in [0.5, 0.6) is 0 Å². The normalized spacial score (nSPS) is 14.6. The first-order valence-corrected chi connectivity index (χ1v) is 8.88. The van der Waals surface area contributed by atoms with Gasteiger partial charge in [0.25, 0.3) is 11.8 Å². The highest BCUT2D eigenvalue weighted by atomic mass is 16.2. The van der Waals surface area contributed by atoms with Crippen molar-refractivity contribution in [2.24, 2.45) is 5.92 Å². The molecule has 1 aliphatic heterocycles. The molecule has 0 saturated heterocycles. The number of benzene rings is 1. The summed E-state index contributed by atoms with van der Waals surface area (Å²) in [4.78, 5) is 39.0. The molecule has 0 bridgehead atoms. The first-order chi connectivity index (χ1) is 12.9. The van der Waals surface area contributed by atoms with Crippen LogP contribution in [-0.4, -0.2) is 55.4 Å². The Morgan fingerprint density at radius 2 is 1.74 bits per heavy atom. The number of hydrogen-bond acceptors (Lipinski definition) is 6. The van der Waals surface area contributed by atoms with Crippen molar-refractivity contribution in [1.82, 2.24) is 30.4 Å². The van der Waals surface area contributed by atoms with Crippen molar-refractivity contribution in [2.75, 3.05) is 6.54 Å². The lowest BCUT2D eigenvalue weighted by Crippen LogP contribution is -2.38. The van der Waals surface area contributed by atoms with Crippen LogP contribution in [0.1, 0.15) is 47.3 Å². The Hall–Kier alpha value is -3.10. The summed E-state index contributed by atoms with van der Waals surface area (Å²) in [5.74, 6) is -0.125. The second kappa shape index (κ2) is 7.65. The molecule has 0 spiro atoms. The van der Waals surface area contributed by atoms with Gasteiger partial charge >= 0.3 is 0 Å². The summed E-state index contributed by atoms with van der Waals surface area (Å²) >= 11 is 0. The number of carbonyl (C=O) groups is 3. The Bertz CT molecular complexity index is 840. The zero-order chi connectivity index (χ0) is 19.6. The van der Waals surface area contributed by atoms with Crippen LogP contribution in [0.3, 0.4) is 0 Å². The molecule has 1 aliphatic rings. The van der Waals surface area contributed by atoms with Crippen LogP contribution in [0.15, 0.2) is 24.3 Å². The van der Waals surface area contributed by atoms with Crippen LogP contribution in [0.25, 0.3) is 0 Å². The van der Waals surface area contributed by atoms with E-state index >= 15 is 0 Å². The number of hydrogen-bond donors (Lipinski definition) is 1. The molecular weight excluding hydrogens is 348 g/mol. The number of aromatic nitrogens is 4. The third-order valence-electron chi connectivity index (χ3n) is 4.61. The van der Waals surface area contributed by atoms with Crippen LogP contribution < -0.4 is 5.32 Å². The highest BCUT2D eigenvalue weighted by molar-refractivity contribution is 6.21. The van der Waals surface area contributed by atoms with Crippen LogP contribution in [0.2, 0.25) is 0 Å². The number of nitrogens with one attached hydrogen (secondary N) is 1. The molecule has 1 N–H and O–H groups in total. The fourth-order valence-electron chi connectivity index (χ4n) is 2.69. The average Bonchev–Trinajstić information content (AvgIpc) is 3.17. The molecule has 3 amide bonds. The van der Waals surface area contributed by atoms with Gasteiger partial charge < -0.3 is 5.32 Å². The van der Waals surface area contributed by atoms with Crippen LogP contribution in [0.4, 0.5) is 0 Å². The fraction of sp³-hybridized carbons (Fsp3) is 0.444. The minimum atomic E-state index is -0.315. The third-order valence-corrected chi connectivity index (χ3v) is 4.61. The molecule has 1 aromatic heterocycles. The predicted octanol–water partition coefficient (Wildman–Crippen LogP) is 0.672. The van der Waals surface area contributed by atoms with Crippen molar-refractivity contribution in [1.29, 1.82) is 0 Å². The fourth-order valence-corrected chi connectivity index (χ4v) is 2.69. The second-order valence-corrected chi connectivity index (χ2v) is 6.89. The molecule has 27 heavy (non-hydrogen) atoms.